The molecule has 0 radical (unpaired) electrons. The summed E-state index contributed by atoms with van der Waals surface area (Å²) in [6, 6.07) is 5.93. The van der Waals surface area contributed by atoms with E-state index in [1.54, 1.807) is 0 Å². The van der Waals surface area contributed by atoms with Crippen LogP contribution in [0.25, 0.3) is 0 Å². The zero-order valence-electron chi connectivity index (χ0n) is 8.36. The van der Waals surface area contributed by atoms with Crippen LogP contribution in [0.4, 0.5) is 5.69 Å². The Morgan fingerprint density at radius 2 is 2.00 bits per heavy atom. The number of hydrogen-bond donors (Lipinski definition) is 1. The number of fused-ring (bicyclic) bond motifs is 5. The highest BCUT2D eigenvalue weighted by molar-refractivity contribution is 5.88. The summed E-state index contributed by atoms with van der Waals surface area (Å²) in [6.45, 7) is 1.51. The molecule has 0 spiro atoms. The number of amides is 1. The van der Waals surface area contributed by atoms with E-state index in [0.717, 1.165) is 5.69 Å². The van der Waals surface area contributed by atoms with E-state index in [0.29, 0.717) is 0 Å². The number of carbonyl (C=O) groups is 1. The van der Waals surface area contributed by atoms with Crippen LogP contribution in [0.15, 0.2) is 30.4 Å². The minimum Gasteiger partial charge on any atom is -0.357 e. The predicted octanol–water partition coefficient (Wildman–Crippen LogP) is 2.33. The van der Waals surface area contributed by atoms with Crippen LogP contribution < -0.4 is 5.32 Å². The molecule has 2 bridgehead atoms. The molecule has 0 fully saturated rings. The van der Waals surface area contributed by atoms with Gasteiger partial charge in [-0.1, -0.05) is 18.2 Å². The van der Waals surface area contributed by atoms with Crippen molar-refractivity contribution in [3.05, 3.63) is 41.5 Å². The van der Waals surface area contributed by atoms with Gasteiger partial charge in [0.15, 0.2) is 0 Å². The number of ether oxygens (including phenoxy) is 1. The SMILES string of the molecule is CC(=O)Nc1ccc2c(c1)C1C=CC2O1. The summed E-state index contributed by atoms with van der Waals surface area (Å²) in [6.07, 6.45) is 4.34. The van der Waals surface area contributed by atoms with E-state index in [9.17, 15) is 4.79 Å². The molecule has 2 heterocycles. The fourth-order valence-electron chi connectivity index (χ4n) is 2.17. The summed E-state index contributed by atoms with van der Waals surface area (Å²) >= 11 is 0. The number of benzene rings is 1. The van der Waals surface area contributed by atoms with Crippen molar-refractivity contribution in [3.63, 3.8) is 0 Å². The summed E-state index contributed by atoms with van der Waals surface area (Å²) < 4.78 is 5.68. The minimum atomic E-state index is -0.0467. The highest BCUT2D eigenvalue weighted by Crippen LogP contribution is 2.46. The Bertz CT molecular complexity index is 465. The molecule has 1 amide bonds. The number of hydrogen-bond acceptors (Lipinski definition) is 2. The smallest absolute Gasteiger partial charge is 0.221 e. The molecule has 3 rings (SSSR count). The Kier molecular flexibility index (Phi) is 1.70. The molecule has 3 heteroatoms. The third kappa shape index (κ3) is 1.27. The predicted molar refractivity (Wildman–Crippen MR) is 56.5 cm³/mol. The van der Waals surface area contributed by atoms with Crippen LogP contribution in [0.2, 0.25) is 0 Å². The molecule has 2 atom stereocenters. The first kappa shape index (κ1) is 8.68. The lowest BCUT2D eigenvalue weighted by atomic mass is 9.96. The second-order valence-corrected chi connectivity index (χ2v) is 3.89. The van der Waals surface area contributed by atoms with Gasteiger partial charge in [0.1, 0.15) is 12.2 Å². The summed E-state index contributed by atoms with van der Waals surface area (Å²) in [5, 5.41) is 2.78. The first-order valence-electron chi connectivity index (χ1n) is 4.99. The van der Waals surface area contributed by atoms with Crippen LogP contribution in [0, 0.1) is 0 Å². The monoisotopic (exact) mass is 201 g/mol. The van der Waals surface area contributed by atoms with Gasteiger partial charge in [-0.3, -0.25) is 4.79 Å². The molecule has 0 aliphatic carbocycles. The van der Waals surface area contributed by atoms with Crippen LogP contribution in [0.1, 0.15) is 30.3 Å². The average molecular weight is 201 g/mol. The largest absolute Gasteiger partial charge is 0.357 e. The molecule has 0 aromatic heterocycles. The molecular weight excluding hydrogens is 190 g/mol. The van der Waals surface area contributed by atoms with Crippen molar-refractivity contribution >= 4 is 11.6 Å². The second kappa shape index (κ2) is 2.94. The fourth-order valence-corrected chi connectivity index (χ4v) is 2.17. The van der Waals surface area contributed by atoms with Crippen molar-refractivity contribution < 1.29 is 9.53 Å². The number of rotatable bonds is 1. The van der Waals surface area contributed by atoms with Crippen LogP contribution in [0.5, 0.6) is 0 Å². The summed E-state index contributed by atoms with van der Waals surface area (Å²) in [5.74, 6) is -0.0467. The van der Waals surface area contributed by atoms with Crippen LogP contribution in [-0.4, -0.2) is 5.91 Å². The zero-order valence-corrected chi connectivity index (χ0v) is 8.36. The van der Waals surface area contributed by atoms with Gasteiger partial charge >= 0.3 is 0 Å². The van der Waals surface area contributed by atoms with Crippen molar-refractivity contribution in [2.45, 2.75) is 19.1 Å². The number of anilines is 1. The van der Waals surface area contributed by atoms with E-state index in [1.165, 1.54) is 18.1 Å². The standard InChI is InChI=1S/C12H11NO2/c1-7(14)13-8-2-3-9-10(6-8)12-5-4-11(9)15-12/h2-6,11-12H,1H3,(H,13,14). The van der Waals surface area contributed by atoms with E-state index >= 15 is 0 Å². The molecule has 2 unspecified atom stereocenters. The van der Waals surface area contributed by atoms with Gasteiger partial charge < -0.3 is 10.1 Å². The van der Waals surface area contributed by atoms with Gasteiger partial charge in [0.25, 0.3) is 0 Å². The highest BCUT2D eigenvalue weighted by Gasteiger charge is 2.33. The molecule has 1 N–H and O–H groups in total. The topological polar surface area (TPSA) is 38.3 Å². The first-order valence-corrected chi connectivity index (χ1v) is 4.99. The van der Waals surface area contributed by atoms with Gasteiger partial charge in [-0.2, -0.15) is 0 Å². The van der Waals surface area contributed by atoms with Crippen molar-refractivity contribution in [1.29, 1.82) is 0 Å². The van der Waals surface area contributed by atoms with E-state index in [4.69, 9.17) is 4.74 Å². The Hall–Kier alpha value is -1.61. The molecule has 15 heavy (non-hydrogen) atoms. The van der Waals surface area contributed by atoms with Gasteiger partial charge in [-0.15, -0.1) is 0 Å². The van der Waals surface area contributed by atoms with Crippen molar-refractivity contribution in [1.82, 2.24) is 0 Å². The third-order valence-corrected chi connectivity index (χ3v) is 2.77. The summed E-state index contributed by atoms with van der Waals surface area (Å²) in [7, 11) is 0. The van der Waals surface area contributed by atoms with Gasteiger partial charge in [-0.05, 0) is 23.3 Å². The average Bonchev–Trinajstić information content (AvgIpc) is 2.76. The molecule has 76 valence electrons. The lowest BCUT2D eigenvalue weighted by Crippen LogP contribution is -2.06. The molecule has 2 aliphatic rings. The molecule has 0 saturated carbocycles. The minimum absolute atomic E-state index is 0.0467. The Morgan fingerprint density at radius 1 is 1.27 bits per heavy atom. The quantitative estimate of drug-likeness (QED) is 0.708. The maximum atomic E-state index is 10.9. The number of carbonyl (C=O) groups excluding carboxylic acids is 1. The van der Waals surface area contributed by atoms with Crippen molar-refractivity contribution in [2.24, 2.45) is 0 Å². The first-order chi connectivity index (χ1) is 7.24. The molecule has 1 aromatic carbocycles. The maximum absolute atomic E-state index is 10.9. The van der Waals surface area contributed by atoms with Crippen LogP contribution in [0.3, 0.4) is 0 Å². The molecule has 2 aliphatic heterocycles. The van der Waals surface area contributed by atoms with Gasteiger partial charge in [0, 0.05) is 12.6 Å². The highest BCUT2D eigenvalue weighted by atomic mass is 16.5. The lowest BCUT2D eigenvalue weighted by Gasteiger charge is -2.09. The number of nitrogens with one attached hydrogen (secondary N) is 1. The summed E-state index contributed by atoms with van der Waals surface area (Å²) in [5.41, 5.74) is 3.23. The van der Waals surface area contributed by atoms with Crippen LogP contribution >= 0.6 is 0 Å². The Labute approximate surface area is 87.7 Å². The lowest BCUT2D eigenvalue weighted by molar-refractivity contribution is -0.114. The zero-order chi connectivity index (χ0) is 10.4. The van der Waals surface area contributed by atoms with E-state index < -0.39 is 0 Å². The van der Waals surface area contributed by atoms with Crippen molar-refractivity contribution in [3.8, 4) is 0 Å². The Balaban J connectivity index is 1.99. The van der Waals surface area contributed by atoms with Crippen molar-refractivity contribution in [2.75, 3.05) is 5.32 Å². The van der Waals surface area contributed by atoms with Crippen LogP contribution in [-0.2, 0) is 9.53 Å². The van der Waals surface area contributed by atoms with Gasteiger partial charge in [-0.25, -0.2) is 0 Å². The fraction of sp³-hybridized carbons (Fsp3) is 0.250. The molecular formula is C12H11NO2. The normalized spacial score (nSPS) is 25.4. The maximum Gasteiger partial charge on any atom is 0.221 e. The van der Waals surface area contributed by atoms with Gasteiger partial charge in [0.05, 0.1) is 0 Å². The Morgan fingerprint density at radius 3 is 2.73 bits per heavy atom. The third-order valence-electron chi connectivity index (χ3n) is 2.77. The van der Waals surface area contributed by atoms with E-state index in [1.807, 2.05) is 18.2 Å². The van der Waals surface area contributed by atoms with Gasteiger partial charge in [0.2, 0.25) is 5.91 Å². The second-order valence-electron chi connectivity index (χ2n) is 3.89. The molecule has 0 saturated heterocycles. The summed E-state index contributed by atoms with van der Waals surface area (Å²) in [4.78, 5) is 10.9. The van der Waals surface area contributed by atoms with E-state index in [2.05, 4.69) is 17.5 Å². The molecule has 1 aromatic rings. The van der Waals surface area contributed by atoms with E-state index in [-0.39, 0.29) is 18.1 Å². The molecule has 3 nitrogen and oxygen atoms in total.